The monoisotopic (exact) mass is 351 g/mol. The molecule has 2 nitrogen and oxygen atoms in total. The molecule has 0 heterocycles. The molecule has 1 amide bonds. The Morgan fingerprint density at radius 3 is 2.50 bits per heavy atom. The number of carbonyl (C=O) groups excluding carboxylic acids is 1. The highest BCUT2D eigenvalue weighted by atomic mass is 79.9. The number of nitrogens with one attached hydrogen (secondary N) is 1. The van der Waals surface area contributed by atoms with Crippen molar-refractivity contribution in [2.45, 2.75) is 45.3 Å². The van der Waals surface area contributed by atoms with Crippen LogP contribution in [-0.4, -0.2) is 11.9 Å². The maximum atomic E-state index is 12.7. The Morgan fingerprint density at radius 2 is 2.00 bits per heavy atom. The second-order valence-electron chi connectivity index (χ2n) is 4.56. The van der Waals surface area contributed by atoms with Crippen LogP contribution in [0.25, 0.3) is 0 Å². The molecule has 0 aliphatic rings. The Hall–Kier alpha value is -1.04. The first-order chi connectivity index (χ1) is 9.29. The fourth-order valence-corrected chi connectivity index (χ4v) is 2.29. The molecule has 0 aliphatic carbocycles. The highest BCUT2D eigenvalue weighted by Gasteiger charge is 2.31. The molecule has 1 aromatic carbocycles. The standard InChI is InChI=1S/C14H17BrF3NO/c1-3-5-10(4-2)19-13(20)11-8-9(14(16,17)18)6-7-12(11)15/h6-8,10H,3-5H2,1-2H3,(H,19,20). The van der Waals surface area contributed by atoms with Gasteiger partial charge in [-0.3, -0.25) is 4.79 Å². The third-order valence-corrected chi connectivity index (χ3v) is 3.69. The Bertz CT molecular complexity index is 474. The number of hydrogen-bond acceptors (Lipinski definition) is 1. The lowest BCUT2D eigenvalue weighted by atomic mass is 10.1. The zero-order chi connectivity index (χ0) is 15.3. The minimum Gasteiger partial charge on any atom is -0.349 e. The number of amides is 1. The first kappa shape index (κ1) is 17.0. The van der Waals surface area contributed by atoms with Gasteiger partial charge in [-0.1, -0.05) is 20.3 Å². The van der Waals surface area contributed by atoms with Crippen LogP contribution in [0.3, 0.4) is 0 Å². The van der Waals surface area contributed by atoms with Gasteiger partial charge in [0, 0.05) is 10.5 Å². The molecule has 0 fully saturated rings. The zero-order valence-electron chi connectivity index (χ0n) is 11.4. The molecule has 6 heteroatoms. The summed E-state index contributed by atoms with van der Waals surface area (Å²) in [5, 5.41) is 2.77. The minimum absolute atomic E-state index is 0.00868. The predicted octanol–water partition coefficient (Wildman–Crippen LogP) is 4.78. The number of hydrogen-bond donors (Lipinski definition) is 1. The van der Waals surface area contributed by atoms with Gasteiger partial charge in [0.2, 0.25) is 0 Å². The lowest BCUT2D eigenvalue weighted by Gasteiger charge is -2.17. The van der Waals surface area contributed by atoms with Gasteiger partial charge >= 0.3 is 6.18 Å². The van der Waals surface area contributed by atoms with E-state index in [2.05, 4.69) is 21.2 Å². The van der Waals surface area contributed by atoms with E-state index in [0.717, 1.165) is 31.4 Å². The highest BCUT2D eigenvalue weighted by Crippen LogP contribution is 2.31. The van der Waals surface area contributed by atoms with E-state index in [1.54, 1.807) is 0 Å². The third-order valence-electron chi connectivity index (χ3n) is 3.00. The Labute approximate surface area is 124 Å². The van der Waals surface area contributed by atoms with Gasteiger partial charge < -0.3 is 5.32 Å². The Balaban J connectivity index is 2.97. The van der Waals surface area contributed by atoms with Crippen LogP contribution in [0.2, 0.25) is 0 Å². The van der Waals surface area contributed by atoms with Gasteiger partial charge in [0.25, 0.3) is 5.91 Å². The molecule has 0 aliphatic heterocycles. The van der Waals surface area contributed by atoms with Crippen molar-refractivity contribution in [3.63, 3.8) is 0 Å². The van der Waals surface area contributed by atoms with Crippen LogP contribution < -0.4 is 5.32 Å². The van der Waals surface area contributed by atoms with E-state index in [0.29, 0.717) is 4.47 Å². The molecule has 0 bridgehead atoms. The molecule has 112 valence electrons. The van der Waals surface area contributed by atoms with Gasteiger partial charge in [-0.2, -0.15) is 13.2 Å². The van der Waals surface area contributed by atoms with Crippen LogP contribution in [0.1, 0.15) is 49.0 Å². The van der Waals surface area contributed by atoms with Crippen LogP contribution in [0.15, 0.2) is 22.7 Å². The predicted molar refractivity (Wildman–Crippen MR) is 75.6 cm³/mol. The lowest BCUT2D eigenvalue weighted by Crippen LogP contribution is -2.34. The average molecular weight is 352 g/mol. The van der Waals surface area contributed by atoms with E-state index in [1.165, 1.54) is 6.07 Å². The first-order valence-electron chi connectivity index (χ1n) is 6.47. The van der Waals surface area contributed by atoms with Crippen LogP contribution in [-0.2, 0) is 6.18 Å². The topological polar surface area (TPSA) is 29.1 Å². The summed E-state index contributed by atoms with van der Waals surface area (Å²) in [4.78, 5) is 12.1. The molecule has 20 heavy (non-hydrogen) atoms. The molecule has 1 rings (SSSR count). The van der Waals surface area contributed by atoms with Crippen molar-refractivity contribution in [1.82, 2.24) is 5.32 Å². The van der Waals surface area contributed by atoms with Crippen LogP contribution in [0, 0.1) is 0 Å². The van der Waals surface area contributed by atoms with Crippen LogP contribution >= 0.6 is 15.9 Å². The van der Waals surface area contributed by atoms with Gasteiger partial charge in [-0.25, -0.2) is 0 Å². The molecular weight excluding hydrogens is 335 g/mol. The van der Waals surface area contributed by atoms with Gasteiger partial charge in [-0.15, -0.1) is 0 Å². The summed E-state index contributed by atoms with van der Waals surface area (Å²) >= 11 is 3.12. The minimum atomic E-state index is -4.46. The summed E-state index contributed by atoms with van der Waals surface area (Å²) in [5.74, 6) is -0.483. The van der Waals surface area contributed by atoms with Crippen LogP contribution in [0.5, 0.6) is 0 Å². The van der Waals surface area contributed by atoms with Gasteiger partial charge in [0.05, 0.1) is 11.1 Å². The first-order valence-corrected chi connectivity index (χ1v) is 7.26. The zero-order valence-corrected chi connectivity index (χ0v) is 12.9. The van der Waals surface area contributed by atoms with E-state index in [1.807, 2.05) is 13.8 Å². The number of halogens is 4. The maximum absolute atomic E-state index is 12.7. The van der Waals surface area contributed by atoms with Crippen molar-refractivity contribution in [1.29, 1.82) is 0 Å². The SMILES string of the molecule is CCCC(CC)NC(=O)c1cc(C(F)(F)F)ccc1Br. The number of rotatable bonds is 5. The fourth-order valence-electron chi connectivity index (χ4n) is 1.87. The summed E-state index contributed by atoms with van der Waals surface area (Å²) in [6.07, 6.45) is -2.00. The molecular formula is C14H17BrF3NO. The van der Waals surface area contributed by atoms with E-state index in [4.69, 9.17) is 0 Å². The quantitative estimate of drug-likeness (QED) is 0.812. The molecule has 0 spiro atoms. The van der Waals surface area contributed by atoms with Crippen molar-refractivity contribution < 1.29 is 18.0 Å². The average Bonchev–Trinajstić information content (AvgIpc) is 2.37. The summed E-state index contributed by atoms with van der Waals surface area (Å²) in [6.45, 7) is 3.93. The highest BCUT2D eigenvalue weighted by molar-refractivity contribution is 9.10. The fraction of sp³-hybridized carbons (Fsp3) is 0.500. The molecule has 0 saturated carbocycles. The molecule has 0 saturated heterocycles. The van der Waals surface area contributed by atoms with Crippen molar-refractivity contribution >= 4 is 21.8 Å². The summed E-state index contributed by atoms with van der Waals surface area (Å²) in [5.41, 5.74) is -0.816. The van der Waals surface area contributed by atoms with Gasteiger partial charge in [-0.05, 0) is 47.0 Å². The van der Waals surface area contributed by atoms with Crippen molar-refractivity contribution in [2.24, 2.45) is 0 Å². The van der Waals surface area contributed by atoms with Crippen molar-refractivity contribution in [2.75, 3.05) is 0 Å². The van der Waals surface area contributed by atoms with Crippen LogP contribution in [0.4, 0.5) is 13.2 Å². The smallest absolute Gasteiger partial charge is 0.349 e. The Morgan fingerprint density at radius 1 is 1.35 bits per heavy atom. The number of alkyl halides is 3. The maximum Gasteiger partial charge on any atom is 0.416 e. The molecule has 1 N–H and O–H groups in total. The second-order valence-corrected chi connectivity index (χ2v) is 5.41. The lowest BCUT2D eigenvalue weighted by molar-refractivity contribution is -0.137. The summed E-state index contributed by atoms with van der Waals surface area (Å²) in [7, 11) is 0. The van der Waals surface area contributed by atoms with E-state index in [9.17, 15) is 18.0 Å². The molecule has 0 aromatic heterocycles. The van der Waals surface area contributed by atoms with E-state index in [-0.39, 0.29) is 11.6 Å². The van der Waals surface area contributed by atoms with Gasteiger partial charge in [0.1, 0.15) is 0 Å². The number of benzene rings is 1. The van der Waals surface area contributed by atoms with E-state index >= 15 is 0 Å². The normalized spacial score (nSPS) is 13.1. The van der Waals surface area contributed by atoms with Crippen molar-refractivity contribution in [3.8, 4) is 0 Å². The third kappa shape index (κ3) is 4.51. The molecule has 1 unspecified atom stereocenters. The summed E-state index contributed by atoms with van der Waals surface area (Å²) in [6, 6.07) is 3.05. The number of carbonyl (C=O) groups is 1. The molecule has 1 atom stereocenters. The van der Waals surface area contributed by atoms with Crippen molar-refractivity contribution in [3.05, 3.63) is 33.8 Å². The van der Waals surface area contributed by atoms with E-state index < -0.39 is 17.6 Å². The van der Waals surface area contributed by atoms with Gasteiger partial charge in [0.15, 0.2) is 0 Å². The Kier molecular flexibility index (Phi) is 6.05. The second kappa shape index (κ2) is 7.11. The summed E-state index contributed by atoms with van der Waals surface area (Å²) < 4.78 is 38.4. The largest absolute Gasteiger partial charge is 0.416 e. The molecule has 1 aromatic rings. The molecule has 0 radical (unpaired) electrons.